The number of carbonyl (C=O) groups is 1. The van der Waals surface area contributed by atoms with Crippen LogP contribution in [0.1, 0.15) is 28.9 Å². The molecule has 1 aliphatic rings. The van der Waals surface area contributed by atoms with E-state index in [1.165, 1.54) is 11.3 Å². The molecule has 6 nitrogen and oxygen atoms in total. The van der Waals surface area contributed by atoms with Crippen LogP contribution in [-0.4, -0.2) is 50.4 Å². The largest absolute Gasteiger partial charge is 0.395 e. The highest BCUT2D eigenvalue weighted by molar-refractivity contribution is 7.13. The molecule has 3 heterocycles. The Morgan fingerprint density at radius 1 is 1.33 bits per heavy atom. The van der Waals surface area contributed by atoms with E-state index < -0.39 is 5.41 Å². The average molecular weight is 382 g/mol. The first-order chi connectivity index (χ1) is 13.1. The summed E-state index contributed by atoms with van der Waals surface area (Å²) in [5.41, 5.74) is 2.05. The van der Waals surface area contributed by atoms with Gasteiger partial charge < -0.3 is 10.0 Å². The lowest BCUT2D eigenvalue weighted by Crippen LogP contribution is -2.50. The third-order valence-electron chi connectivity index (χ3n) is 5.23. The second-order valence-electron chi connectivity index (χ2n) is 7.08. The van der Waals surface area contributed by atoms with Gasteiger partial charge in [-0.3, -0.25) is 9.48 Å². The number of carbonyl (C=O) groups excluding carboxylic acids is 1. The van der Waals surface area contributed by atoms with Crippen LogP contribution in [0.3, 0.4) is 0 Å². The predicted octanol–water partition coefficient (Wildman–Crippen LogP) is 2.71. The van der Waals surface area contributed by atoms with Gasteiger partial charge in [0.25, 0.3) is 5.91 Å². The SMILES string of the molecule is Cn1cc(-c2nc(C(=O)N3CCCC(CO)(c4ccccc4)C3)cs2)cn1. The van der Waals surface area contributed by atoms with Gasteiger partial charge in [0.05, 0.1) is 12.8 Å². The Morgan fingerprint density at radius 2 is 2.15 bits per heavy atom. The molecule has 1 aromatic carbocycles. The van der Waals surface area contributed by atoms with Crippen LogP contribution in [0.15, 0.2) is 48.1 Å². The monoisotopic (exact) mass is 382 g/mol. The number of hydrogen-bond acceptors (Lipinski definition) is 5. The van der Waals surface area contributed by atoms with Crippen molar-refractivity contribution in [3.63, 3.8) is 0 Å². The van der Waals surface area contributed by atoms with Crippen molar-refractivity contribution >= 4 is 17.2 Å². The fraction of sp³-hybridized carbons (Fsp3) is 0.350. The van der Waals surface area contributed by atoms with Crippen LogP contribution in [0.2, 0.25) is 0 Å². The molecule has 1 saturated heterocycles. The van der Waals surface area contributed by atoms with Crippen molar-refractivity contribution in [3.8, 4) is 10.6 Å². The van der Waals surface area contributed by atoms with Crippen LogP contribution in [-0.2, 0) is 12.5 Å². The summed E-state index contributed by atoms with van der Waals surface area (Å²) < 4.78 is 1.72. The maximum atomic E-state index is 13.1. The highest BCUT2D eigenvalue weighted by Crippen LogP contribution is 2.34. The summed E-state index contributed by atoms with van der Waals surface area (Å²) in [5.74, 6) is -0.0742. The van der Waals surface area contributed by atoms with E-state index in [0.717, 1.165) is 29.0 Å². The molecule has 1 amide bonds. The summed E-state index contributed by atoms with van der Waals surface area (Å²) in [6.45, 7) is 1.22. The number of aryl methyl sites for hydroxylation is 1. The zero-order chi connectivity index (χ0) is 18.9. The van der Waals surface area contributed by atoms with Gasteiger partial charge in [0.2, 0.25) is 0 Å². The lowest BCUT2D eigenvalue weighted by molar-refractivity contribution is 0.0538. The fourth-order valence-electron chi connectivity index (χ4n) is 3.75. The summed E-state index contributed by atoms with van der Waals surface area (Å²) in [7, 11) is 1.86. The van der Waals surface area contributed by atoms with Gasteiger partial charge in [-0.15, -0.1) is 11.3 Å². The zero-order valence-corrected chi connectivity index (χ0v) is 16.0. The topological polar surface area (TPSA) is 71.2 Å². The molecule has 3 aromatic rings. The van der Waals surface area contributed by atoms with Gasteiger partial charge in [-0.2, -0.15) is 5.10 Å². The van der Waals surface area contributed by atoms with E-state index >= 15 is 0 Å². The van der Waals surface area contributed by atoms with Gasteiger partial charge in [-0.1, -0.05) is 30.3 Å². The summed E-state index contributed by atoms with van der Waals surface area (Å²) in [6, 6.07) is 10.00. The Hall–Kier alpha value is -2.51. The standard InChI is InChI=1S/C20H22N4O2S/c1-23-11-15(10-21-23)18-22-17(12-27-18)19(26)24-9-5-8-20(13-24,14-25)16-6-3-2-4-7-16/h2-4,6-7,10-12,25H,5,8-9,13-14H2,1H3. The Morgan fingerprint density at radius 3 is 2.85 bits per heavy atom. The second-order valence-corrected chi connectivity index (χ2v) is 7.93. The third-order valence-corrected chi connectivity index (χ3v) is 6.12. The highest BCUT2D eigenvalue weighted by atomic mass is 32.1. The number of aliphatic hydroxyl groups excluding tert-OH is 1. The van der Waals surface area contributed by atoms with Crippen molar-refractivity contribution in [2.24, 2.45) is 7.05 Å². The third kappa shape index (κ3) is 3.40. The van der Waals surface area contributed by atoms with Crippen molar-refractivity contribution in [1.82, 2.24) is 19.7 Å². The van der Waals surface area contributed by atoms with Crippen LogP contribution < -0.4 is 0 Å². The molecule has 1 unspecified atom stereocenters. The van der Waals surface area contributed by atoms with E-state index in [4.69, 9.17) is 0 Å². The molecule has 0 bridgehead atoms. The fourth-order valence-corrected chi connectivity index (χ4v) is 4.52. The number of amides is 1. The maximum Gasteiger partial charge on any atom is 0.273 e. The molecule has 27 heavy (non-hydrogen) atoms. The minimum atomic E-state index is -0.405. The van der Waals surface area contributed by atoms with Crippen LogP contribution in [0.25, 0.3) is 10.6 Å². The molecule has 0 saturated carbocycles. The molecule has 1 aliphatic heterocycles. The number of aromatic nitrogens is 3. The van der Waals surface area contributed by atoms with Crippen LogP contribution in [0.5, 0.6) is 0 Å². The summed E-state index contributed by atoms with van der Waals surface area (Å²) in [6.07, 6.45) is 5.37. The second kappa shape index (κ2) is 7.25. The molecule has 140 valence electrons. The van der Waals surface area contributed by atoms with Crippen molar-refractivity contribution in [2.75, 3.05) is 19.7 Å². The van der Waals surface area contributed by atoms with Crippen LogP contribution >= 0.6 is 11.3 Å². The van der Waals surface area contributed by atoms with Gasteiger partial charge in [0.15, 0.2) is 0 Å². The first kappa shape index (κ1) is 17.9. The number of likely N-dealkylation sites (tertiary alicyclic amines) is 1. The quantitative estimate of drug-likeness (QED) is 0.753. The summed E-state index contributed by atoms with van der Waals surface area (Å²) >= 11 is 1.45. The number of piperidine rings is 1. The molecule has 4 rings (SSSR count). The number of hydrogen-bond donors (Lipinski definition) is 1. The van der Waals surface area contributed by atoms with Crippen molar-refractivity contribution in [2.45, 2.75) is 18.3 Å². The average Bonchev–Trinajstić information content (AvgIpc) is 3.37. The smallest absolute Gasteiger partial charge is 0.273 e. The minimum Gasteiger partial charge on any atom is -0.395 e. The van der Waals surface area contributed by atoms with Gasteiger partial charge in [-0.05, 0) is 18.4 Å². The predicted molar refractivity (Wildman–Crippen MR) is 105 cm³/mol. The molecule has 0 spiro atoms. The number of aliphatic hydroxyl groups is 1. The van der Waals surface area contributed by atoms with Gasteiger partial charge in [0, 0.05) is 42.7 Å². The molecule has 0 radical (unpaired) electrons. The van der Waals surface area contributed by atoms with Crippen molar-refractivity contribution in [1.29, 1.82) is 0 Å². The Labute approximate surface area is 162 Å². The Kier molecular flexibility index (Phi) is 4.80. The molecular formula is C20H22N4O2S. The summed E-state index contributed by atoms with van der Waals surface area (Å²) in [4.78, 5) is 19.4. The van der Waals surface area contributed by atoms with Crippen LogP contribution in [0, 0.1) is 0 Å². The summed E-state index contributed by atoms with van der Waals surface area (Å²) in [5, 5.41) is 16.9. The normalized spacial score (nSPS) is 20.0. The van der Waals surface area contributed by atoms with Gasteiger partial charge >= 0.3 is 0 Å². The molecule has 1 N–H and O–H groups in total. The van der Waals surface area contributed by atoms with E-state index in [-0.39, 0.29) is 12.5 Å². The number of rotatable bonds is 4. The lowest BCUT2D eigenvalue weighted by atomic mass is 9.74. The Bertz CT molecular complexity index is 936. The van der Waals surface area contributed by atoms with Gasteiger partial charge in [-0.25, -0.2) is 4.98 Å². The van der Waals surface area contributed by atoms with Crippen molar-refractivity contribution in [3.05, 3.63) is 59.4 Å². The number of benzene rings is 1. The van der Waals surface area contributed by atoms with Gasteiger partial charge in [0.1, 0.15) is 10.7 Å². The first-order valence-electron chi connectivity index (χ1n) is 9.01. The van der Waals surface area contributed by atoms with E-state index in [1.54, 1.807) is 10.9 Å². The van der Waals surface area contributed by atoms with E-state index in [2.05, 4.69) is 10.1 Å². The zero-order valence-electron chi connectivity index (χ0n) is 15.2. The highest BCUT2D eigenvalue weighted by Gasteiger charge is 2.38. The number of thiazole rings is 1. The molecule has 0 aliphatic carbocycles. The van der Waals surface area contributed by atoms with E-state index in [1.807, 2.05) is 53.9 Å². The molecule has 7 heteroatoms. The van der Waals surface area contributed by atoms with Crippen molar-refractivity contribution < 1.29 is 9.90 Å². The van der Waals surface area contributed by atoms with E-state index in [0.29, 0.717) is 18.8 Å². The Balaban J connectivity index is 1.56. The molecule has 1 atom stereocenters. The van der Waals surface area contributed by atoms with Crippen LogP contribution in [0.4, 0.5) is 0 Å². The lowest BCUT2D eigenvalue weighted by Gasteiger charge is -2.42. The maximum absolute atomic E-state index is 13.1. The molecule has 2 aromatic heterocycles. The minimum absolute atomic E-state index is 0.0266. The van der Waals surface area contributed by atoms with E-state index in [9.17, 15) is 9.90 Å². The molecule has 1 fully saturated rings. The number of nitrogens with zero attached hydrogens (tertiary/aromatic N) is 4. The first-order valence-corrected chi connectivity index (χ1v) is 9.89. The molecular weight excluding hydrogens is 360 g/mol.